The molecule has 1 aliphatic rings. The number of nitrogens with zero attached hydrogens (tertiary/aromatic N) is 1. The molecule has 5 rings (SSSR count). The lowest BCUT2D eigenvalue weighted by Crippen LogP contribution is -2.34. The van der Waals surface area contributed by atoms with Crippen LogP contribution in [-0.2, 0) is 11.2 Å². The molecule has 5 nitrogen and oxygen atoms in total. The Morgan fingerprint density at radius 3 is 2.03 bits per heavy atom. The van der Waals surface area contributed by atoms with Crippen LogP contribution >= 0.6 is 0 Å². The molecule has 1 amide bonds. The van der Waals surface area contributed by atoms with Gasteiger partial charge in [-0.05, 0) is 70.6 Å². The number of benzene rings is 4. The van der Waals surface area contributed by atoms with Gasteiger partial charge in [0.15, 0.2) is 0 Å². The van der Waals surface area contributed by atoms with E-state index in [4.69, 9.17) is 9.47 Å². The molecule has 0 unspecified atom stereocenters. The molecule has 5 heteroatoms. The number of carbonyl (C=O) groups excluding carboxylic acids is 2. The van der Waals surface area contributed by atoms with E-state index in [0.717, 1.165) is 17.6 Å². The Bertz CT molecular complexity index is 1320. The lowest BCUT2D eigenvalue weighted by atomic mass is 9.98. The van der Waals surface area contributed by atoms with Gasteiger partial charge in [-0.15, -0.1) is 0 Å². The van der Waals surface area contributed by atoms with E-state index in [1.807, 2.05) is 48.5 Å². The standard InChI is InChI=1S/C31H27NO4/c1-35-25-16-12-22(13-17-25)18-19-32(24-14-10-23(20-33)11-15-24)31(34)36-21-30-28-8-4-2-6-26(28)27-7-3-5-9-29(27)30/h2-17,20,30H,18-19,21H2,1H3. The normalized spacial score (nSPS) is 11.9. The molecule has 36 heavy (non-hydrogen) atoms. The molecule has 0 radical (unpaired) electrons. The molecule has 4 aromatic rings. The minimum Gasteiger partial charge on any atom is -0.497 e. The molecule has 0 atom stereocenters. The van der Waals surface area contributed by atoms with Gasteiger partial charge in [0.25, 0.3) is 0 Å². The second kappa shape index (κ2) is 10.5. The van der Waals surface area contributed by atoms with Crippen LogP contribution in [0.25, 0.3) is 11.1 Å². The monoisotopic (exact) mass is 477 g/mol. The van der Waals surface area contributed by atoms with E-state index < -0.39 is 6.09 Å². The van der Waals surface area contributed by atoms with E-state index in [9.17, 15) is 9.59 Å². The smallest absolute Gasteiger partial charge is 0.414 e. The van der Waals surface area contributed by atoms with E-state index in [2.05, 4.69) is 24.3 Å². The molecular formula is C31H27NO4. The van der Waals surface area contributed by atoms with Gasteiger partial charge in [0.2, 0.25) is 0 Å². The van der Waals surface area contributed by atoms with Crippen molar-refractivity contribution < 1.29 is 19.1 Å². The van der Waals surface area contributed by atoms with Crippen LogP contribution in [0.3, 0.4) is 0 Å². The van der Waals surface area contributed by atoms with Gasteiger partial charge in [-0.1, -0.05) is 60.7 Å². The molecule has 0 spiro atoms. The highest BCUT2D eigenvalue weighted by Crippen LogP contribution is 2.44. The van der Waals surface area contributed by atoms with Gasteiger partial charge >= 0.3 is 6.09 Å². The maximum atomic E-state index is 13.4. The summed E-state index contributed by atoms with van der Waals surface area (Å²) < 4.78 is 11.2. The second-order valence-electron chi connectivity index (χ2n) is 8.76. The Morgan fingerprint density at radius 1 is 0.833 bits per heavy atom. The molecule has 0 fully saturated rings. The maximum absolute atomic E-state index is 13.4. The first-order chi connectivity index (χ1) is 17.7. The minimum atomic E-state index is -0.413. The number of amides is 1. The molecule has 0 aliphatic heterocycles. The number of ether oxygens (including phenoxy) is 2. The third-order valence-corrected chi connectivity index (χ3v) is 6.68. The van der Waals surface area contributed by atoms with Crippen molar-refractivity contribution in [2.24, 2.45) is 0 Å². The van der Waals surface area contributed by atoms with Gasteiger partial charge in [0.05, 0.1) is 7.11 Å². The number of aldehydes is 1. The van der Waals surface area contributed by atoms with Gasteiger partial charge in [0.1, 0.15) is 18.6 Å². The van der Waals surface area contributed by atoms with Gasteiger partial charge in [-0.25, -0.2) is 4.79 Å². The fraction of sp³-hybridized carbons (Fsp3) is 0.161. The van der Waals surface area contributed by atoms with Crippen molar-refractivity contribution in [3.8, 4) is 16.9 Å². The molecule has 0 N–H and O–H groups in total. The number of fused-ring (bicyclic) bond motifs is 3. The Kier molecular flexibility index (Phi) is 6.80. The topological polar surface area (TPSA) is 55.8 Å². The Hall–Kier alpha value is -4.38. The van der Waals surface area contributed by atoms with Crippen LogP contribution in [0.1, 0.15) is 33.0 Å². The lowest BCUT2D eigenvalue weighted by Gasteiger charge is -2.24. The number of hydrogen-bond donors (Lipinski definition) is 0. The van der Waals surface area contributed by atoms with E-state index in [-0.39, 0.29) is 12.5 Å². The zero-order valence-electron chi connectivity index (χ0n) is 20.1. The fourth-order valence-electron chi connectivity index (χ4n) is 4.76. The Labute approximate surface area is 210 Å². The van der Waals surface area contributed by atoms with Gasteiger partial charge in [0, 0.05) is 23.7 Å². The summed E-state index contributed by atoms with van der Waals surface area (Å²) in [6, 6.07) is 31.3. The first-order valence-electron chi connectivity index (χ1n) is 12.0. The van der Waals surface area contributed by atoms with Crippen molar-refractivity contribution in [1.29, 1.82) is 0 Å². The van der Waals surface area contributed by atoms with Crippen molar-refractivity contribution in [2.75, 3.05) is 25.2 Å². The predicted molar refractivity (Wildman–Crippen MR) is 141 cm³/mol. The van der Waals surface area contributed by atoms with Gasteiger partial charge in [-0.3, -0.25) is 9.69 Å². The molecule has 4 aromatic carbocycles. The number of anilines is 1. The molecule has 0 bridgehead atoms. The quantitative estimate of drug-likeness (QED) is 0.272. The summed E-state index contributed by atoms with van der Waals surface area (Å²) in [6.45, 7) is 0.682. The van der Waals surface area contributed by atoms with Gasteiger partial charge < -0.3 is 9.47 Å². The molecule has 0 aromatic heterocycles. The molecule has 0 saturated carbocycles. The van der Waals surface area contributed by atoms with E-state index >= 15 is 0 Å². The Morgan fingerprint density at radius 2 is 1.44 bits per heavy atom. The van der Waals surface area contributed by atoms with Crippen LogP contribution < -0.4 is 9.64 Å². The van der Waals surface area contributed by atoms with Crippen LogP contribution in [0.5, 0.6) is 5.75 Å². The zero-order chi connectivity index (χ0) is 24.9. The molecule has 180 valence electrons. The van der Waals surface area contributed by atoms with Crippen molar-refractivity contribution in [2.45, 2.75) is 12.3 Å². The Balaban J connectivity index is 1.35. The summed E-state index contributed by atoms with van der Waals surface area (Å²) in [7, 11) is 1.64. The summed E-state index contributed by atoms with van der Waals surface area (Å²) >= 11 is 0. The first kappa shape index (κ1) is 23.4. The average molecular weight is 478 g/mol. The predicted octanol–water partition coefficient (Wildman–Crippen LogP) is 6.51. The van der Waals surface area contributed by atoms with Crippen molar-refractivity contribution >= 4 is 18.1 Å². The molecular weight excluding hydrogens is 450 g/mol. The van der Waals surface area contributed by atoms with Crippen LogP contribution in [0.2, 0.25) is 0 Å². The molecule has 0 saturated heterocycles. The minimum absolute atomic E-state index is 0.0118. The lowest BCUT2D eigenvalue weighted by molar-refractivity contribution is 0.112. The number of rotatable bonds is 8. The van der Waals surface area contributed by atoms with Crippen LogP contribution in [0.15, 0.2) is 97.1 Å². The molecule has 1 aliphatic carbocycles. The summed E-state index contributed by atoms with van der Waals surface area (Å²) in [5.41, 5.74) is 7.05. The highest BCUT2D eigenvalue weighted by atomic mass is 16.6. The summed E-state index contributed by atoms with van der Waals surface area (Å²) in [5, 5.41) is 0. The van der Waals surface area contributed by atoms with Gasteiger partial charge in [-0.2, -0.15) is 0 Å². The summed E-state index contributed by atoms with van der Waals surface area (Å²) in [5.74, 6) is 0.777. The van der Waals surface area contributed by atoms with E-state index in [1.54, 1.807) is 36.3 Å². The highest BCUT2D eigenvalue weighted by molar-refractivity contribution is 5.88. The maximum Gasteiger partial charge on any atom is 0.414 e. The third kappa shape index (κ3) is 4.73. The SMILES string of the molecule is COc1ccc(CCN(C(=O)OCC2c3ccccc3-c3ccccc32)c2ccc(C=O)cc2)cc1. The third-order valence-electron chi connectivity index (χ3n) is 6.68. The highest BCUT2D eigenvalue weighted by Gasteiger charge is 2.30. The number of carbonyl (C=O) groups is 2. The zero-order valence-corrected chi connectivity index (χ0v) is 20.1. The largest absolute Gasteiger partial charge is 0.497 e. The summed E-state index contributed by atoms with van der Waals surface area (Å²) in [4.78, 5) is 26.2. The van der Waals surface area contributed by atoms with Crippen molar-refractivity contribution in [3.05, 3.63) is 119 Å². The summed E-state index contributed by atoms with van der Waals surface area (Å²) in [6.07, 6.45) is 1.02. The number of methoxy groups -OCH3 is 1. The van der Waals surface area contributed by atoms with Crippen molar-refractivity contribution in [1.82, 2.24) is 0 Å². The number of hydrogen-bond acceptors (Lipinski definition) is 4. The second-order valence-corrected chi connectivity index (χ2v) is 8.76. The first-order valence-corrected chi connectivity index (χ1v) is 12.0. The van der Waals surface area contributed by atoms with Crippen LogP contribution in [0.4, 0.5) is 10.5 Å². The van der Waals surface area contributed by atoms with Crippen molar-refractivity contribution in [3.63, 3.8) is 0 Å². The van der Waals surface area contributed by atoms with E-state index in [1.165, 1.54) is 22.3 Å². The van der Waals surface area contributed by atoms with Crippen LogP contribution in [0, 0.1) is 0 Å². The fourth-order valence-corrected chi connectivity index (χ4v) is 4.76. The van der Waals surface area contributed by atoms with Crippen LogP contribution in [-0.4, -0.2) is 32.6 Å². The molecule has 0 heterocycles. The average Bonchev–Trinajstić information content (AvgIpc) is 3.26. The van der Waals surface area contributed by atoms with E-state index in [0.29, 0.717) is 24.2 Å².